The summed E-state index contributed by atoms with van der Waals surface area (Å²) in [7, 11) is 0. The Morgan fingerprint density at radius 3 is 2.71 bits per heavy atom. The molecule has 1 N–H and O–H groups in total. The van der Waals surface area contributed by atoms with E-state index in [1.165, 1.54) is 22.9 Å². The molecule has 0 fully saturated rings. The van der Waals surface area contributed by atoms with E-state index in [1.807, 2.05) is 13.8 Å². The van der Waals surface area contributed by atoms with Crippen LogP contribution in [0.1, 0.15) is 23.7 Å². The Morgan fingerprint density at radius 1 is 1.47 bits per heavy atom. The highest BCUT2D eigenvalue weighted by Gasteiger charge is 2.22. The van der Waals surface area contributed by atoms with Gasteiger partial charge >= 0.3 is 5.97 Å². The number of thiazole rings is 1. The van der Waals surface area contributed by atoms with Gasteiger partial charge in [0.2, 0.25) is 0 Å². The fourth-order valence-electron chi connectivity index (χ4n) is 1.45. The summed E-state index contributed by atoms with van der Waals surface area (Å²) in [5.74, 6) is -0.527. The van der Waals surface area contributed by atoms with Crippen molar-refractivity contribution in [2.75, 3.05) is 0 Å². The van der Waals surface area contributed by atoms with E-state index in [4.69, 9.17) is 5.11 Å². The molecule has 1 unspecified atom stereocenters. The van der Waals surface area contributed by atoms with E-state index in [9.17, 15) is 4.79 Å². The molecule has 0 saturated carbocycles. The summed E-state index contributed by atoms with van der Waals surface area (Å²) in [6.07, 6.45) is 0. The van der Waals surface area contributed by atoms with Gasteiger partial charge in [-0.2, -0.15) is 0 Å². The lowest BCUT2D eigenvalue weighted by atomic mass is 10.3. The Kier molecular flexibility index (Phi) is 2.88. The number of rotatable bonds is 3. The van der Waals surface area contributed by atoms with Gasteiger partial charge in [0.15, 0.2) is 11.9 Å². The molecular formula is C9H11N5O2S. The monoisotopic (exact) mass is 253 g/mol. The Bertz CT molecular complexity index is 561. The van der Waals surface area contributed by atoms with Crippen LogP contribution >= 0.6 is 11.3 Å². The summed E-state index contributed by atoms with van der Waals surface area (Å²) in [6.45, 7) is 5.27. The van der Waals surface area contributed by atoms with Crippen LogP contribution < -0.4 is 0 Å². The van der Waals surface area contributed by atoms with E-state index >= 15 is 0 Å². The van der Waals surface area contributed by atoms with Crippen molar-refractivity contribution in [2.24, 2.45) is 0 Å². The lowest BCUT2D eigenvalue weighted by molar-refractivity contribution is -0.140. The zero-order chi connectivity index (χ0) is 12.6. The van der Waals surface area contributed by atoms with Crippen LogP contribution in [0.3, 0.4) is 0 Å². The highest BCUT2D eigenvalue weighted by atomic mass is 32.1. The molecule has 2 aromatic rings. The summed E-state index contributed by atoms with van der Waals surface area (Å²) in [5.41, 5.74) is 0.807. The predicted molar refractivity (Wildman–Crippen MR) is 60.7 cm³/mol. The number of carbonyl (C=O) groups is 1. The molecule has 2 heterocycles. The molecule has 0 aliphatic rings. The van der Waals surface area contributed by atoms with E-state index in [-0.39, 0.29) is 0 Å². The van der Waals surface area contributed by atoms with Crippen LogP contribution in [0, 0.1) is 13.8 Å². The number of hydrogen-bond acceptors (Lipinski definition) is 6. The maximum atomic E-state index is 10.9. The molecule has 0 saturated heterocycles. The number of aliphatic carboxylic acids is 1. The molecule has 0 bridgehead atoms. The minimum atomic E-state index is -0.975. The second-order valence-corrected chi connectivity index (χ2v) is 4.81. The van der Waals surface area contributed by atoms with Gasteiger partial charge in [-0.25, -0.2) is 14.5 Å². The van der Waals surface area contributed by atoms with Crippen molar-refractivity contribution in [3.05, 3.63) is 10.7 Å². The Labute approximate surface area is 101 Å². The number of carboxylic acids is 1. The van der Waals surface area contributed by atoms with Crippen molar-refractivity contribution < 1.29 is 9.90 Å². The molecule has 0 aliphatic carbocycles. The first kappa shape index (κ1) is 11.6. The quantitative estimate of drug-likeness (QED) is 0.879. The summed E-state index contributed by atoms with van der Waals surface area (Å²) in [6, 6.07) is -0.804. The van der Waals surface area contributed by atoms with Gasteiger partial charge in [0.25, 0.3) is 0 Å². The smallest absolute Gasteiger partial charge is 0.328 e. The molecule has 17 heavy (non-hydrogen) atoms. The van der Waals surface area contributed by atoms with Crippen LogP contribution in [0.4, 0.5) is 0 Å². The molecule has 1 atom stereocenters. The van der Waals surface area contributed by atoms with E-state index < -0.39 is 12.0 Å². The van der Waals surface area contributed by atoms with Crippen molar-refractivity contribution in [3.8, 4) is 10.7 Å². The number of aromatic nitrogens is 5. The average Bonchev–Trinajstić information content (AvgIpc) is 2.83. The largest absolute Gasteiger partial charge is 0.480 e. The van der Waals surface area contributed by atoms with Gasteiger partial charge in [0.1, 0.15) is 0 Å². The summed E-state index contributed by atoms with van der Waals surface area (Å²) >= 11 is 1.45. The van der Waals surface area contributed by atoms with Gasteiger partial charge in [-0.1, -0.05) is 0 Å². The molecule has 0 spiro atoms. The fraction of sp³-hybridized carbons (Fsp3) is 0.444. The molecule has 90 valence electrons. The number of nitrogens with zero attached hydrogens (tertiary/aromatic N) is 5. The van der Waals surface area contributed by atoms with Crippen molar-refractivity contribution >= 4 is 17.3 Å². The van der Waals surface area contributed by atoms with E-state index in [2.05, 4.69) is 20.5 Å². The first-order valence-electron chi connectivity index (χ1n) is 4.95. The van der Waals surface area contributed by atoms with Crippen LogP contribution in [0.5, 0.6) is 0 Å². The van der Waals surface area contributed by atoms with Crippen LogP contribution in [0.2, 0.25) is 0 Å². The minimum absolute atomic E-state index is 0.447. The maximum Gasteiger partial charge on any atom is 0.328 e. The van der Waals surface area contributed by atoms with Crippen molar-refractivity contribution in [2.45, 2.75) is 26.8 Å². The Balaban J connectivity index is 2.50. The summed E-state index contributed by atoms with van der Waals surface area (Å²) in [5, 5.41) is 21.0. The highest BCUT2D eigenvalue weighted by Crippen LogP contribution is 2.28. The lowest BCUT2D eigenvalue weighted by Crippen LogP contribution is -2.18. The molecule has 0 amide bonds. The zero-order valence-electron chi connectivity index (χ0n) is 9.58. The average molecular weight is 253 g/mol. The first-order valence-corrected chi connectivity index (χ1v) is 5.77. The topological polar surface area (TPSA) is 93.8 Å². The third-order valence-corrected chi connectivity index (χ3v) is 3.39. The minimum Gasteiger partial charge on any atom is -0.480 e. The number of hydrogen-bond donors (Lipinski definition) is 1. The molecule has 0 aliphatic heterocycles. The zero-order valence-corrected chi connectivity index (χ0v) is 10.4. The van der Waals surface area contributed by atoms with E-state index in [0.717, 1.165) is 15.6 Å². The number of aryl methyl sites for hydroxylation is 2. The predicted octanol–water partition coefficient (Wildman–Crippen LogP) is 1.06. The molecule has 0 aromatic carbocycles. The van der Waals surface area contributed by atoms with Gasteiger partial charge in [-0.15, -0.1) is 16.4 Å². The number of tetrazole rings is 1. The van der Waals surface area contributed by atoms with Gasteiger partial charge in [0, 0.05) is 0 Å². The normalized spacial score (nSPS) is 12.6. The van der Waals surface area contributed by atoms with Gasteiger partial charge in [-0.05, 0) is 31.2 Å². The molecule has 2 aromatic heterocycles. The highest BCUT2D eigenvalue weighted by molar-refractivity contribution is 7.15. The van der Waals surface area contributed by atoms with Crippen LogP contribution in [-0.2, 0) is 4.79 Å². The summed E-state index contributed by atoms with van der Waals surface area (Å²) in [4.78, 5) is 16.0. The van der Waals surface area contributed by atoms with E-state index in [0.29, 0.717) is 5.82 Å². The van der Waals surface area contributed by atoms with Crippen LogP contribution in [0.15, 0.2) is 0 Å². The molecule has 2 rings (SSSR count). The fourth-order valence-corrected chi connectivity index (χ4v) is 2.34. The standard InChI is InChI=1S/C9H11N5O2S/c1-4-7(17-6(3)10-4)8-11-12-13-14(8)5(2)9(15)16/h5H,1-3H3,(H,15,16). The number of carboxylic acid groups (broad SMARTS) is 1. The van der Waals surface area contributed by atoms with E-state index in [1.54, 1.807) is 0 Å². The third-order valence-electron chi connectivity index (χ3n) is 2.32. The molecule has 8 heteroatoms. The van der Waals surface area contributed by atoms with Gasteiger partial charge in [0.05, 0.1) is 15.6 Å². The molecule has 7 nitrogen and oxygen atoms in total. The van der Waals surface area contributed by atoms with Gasteiger partial charge < -0.3 is 5.11 Å². The van der Waals surface area contributed by atoms with Gasteiger partial charge in [-0.3, -0.25) is 0 Å². The molecule has 0 radical (unpaired) electrons. The van der Waals surface area contributed by atoms with Crippen molar-refractivity contribution in [3.63, 3.8) is 0 Å². The Hall–Kier alpha value is -1.83. The third kappa shape index (κ3) is 2.03. The SMILES string of the molecule is Cc1nc(C)c(-c2nnnn2C(C)C(=O)O)s1. The van der Waals surface area contributed by atoms with Crippen molar-refractivity contribution in [1.82, 2.24) is 25.2 Å². The second kappa shape index (κ2) is 4.21. The van der Waals surface area contributed by atoms with Crippen molar-refractivity contribution in [1.29, 1.82) is 0 Å². The molecular weight excluding hydrogens is 242 g/mol. The Morgan fingerprint density at radius 2 is 2.18 bits per heavy atom. The lowest BCUT2D eigenvalue weighted by Gasteiger charge is -2.07. The summed E-state index contributed by atoms with van der Waals surface area (Å²) < 4.78 is 1.29. The maximum absolute atomic E-state index is 10.9. The second-order valence-electron chi connectivity index (χ2n) is 3.61. The van der Waals surface area contributed by atoms with Crippen LogP contribution in [0.25, 0.3) is 10.7 Å². The van der Waals surface area contributed by atoms with Crippen LogP contribution in [-0.4, -0.2) is 36.3 Å². The first-order chi connectivity index (χ1) is 8.00.